The molecule has 0 unspecified atom stereocenters. The van der Waals surface area contributed by atoms with Crippen LogP contribution in [0, 0.1) is 5.41 Å². The molecule has 21 heavy (non-hydrogen) atoms. The molecular weight excluding hydrogens is 268 g/mol. The number of nitrogens with zero attached hydrogens (tertiary/aromatic N) is 1. The zero-order valence-electron chi connectivity index (χ0n) is 12.3. The van der Waals surface area contributed by atoms with Crippen LogP contribution < -0.4 is 5.32 Å². The van der Waals surface area contributed by atoms with Crippen LogP contribution in [0.25, 0.3) is 0 Å². The third kappa shape index (κ3) is 3.80. The predicted molar refractivity (Wildman–Crippen MR) is 78.6 cm³/mol. The molecule has 1 fully saturated rings. The Balaban J connectivity index is 1.98. The summed E-state index contributed by atoms with van der Waals surface area (Å²) in [5, 5.41) is 12.4. The van der Waals surface area contributed by atoms with Gasteiger partial charge in [-0.1, -0.05) is 25.3 Å². The van der Waals surface area contributed by atoms with Crippen LogP contribution in [0.1, 0.15) is 57.2 Å². The maximum absolute atomic E-state index is 12.2. The van der Waals surface area contributed by atoms with Gasteiger partial charge < -0.3 is 10.4 Å². The highest BCUT2D eigenvalue weighted by Gasteiger charge is 2.41. The first-order valence-corrected chi connectivity index (χ1v) is 7.47. The molecule has 114 valence electrons. The monoisotopic (exact) mass is 290 g/mol. The Morgan fingerprint density at radius 2 is 2.05 bits per heavy atom. The summed E-state index contributed by atoms with van der Waals surface area (Å²) in [4.78, 5) is 28.0. The lowest BCUT2D eigenvalue weighted by atomic mass is 9.71. The van der Waals surface area contributed by atoms with Crippen LogP contribution in [0.3, 0.4) is 0 Å². The first kappa shape index (κ1) is 15.5. The van der Waals surface area contributed by atoms with E-state index >= 15 is 0 Å². The number of carbonyl (C=O) groups is 2. The first-order valence-electron chi connectivity index (χ1n) is 7.47. The largest absolute Gasteiger partial charge is 0.481 e. The smallest absolute Gasteiger partial charge is 0.310 e. The van der Waals surface area contributed by atoms with E-state index in [-0.39, 0.29) is 18.4 Å². The van der Waals surface area contributed by atoms with Crippen molar-refractivity contribution in [3.8, 4) is 0 Å². The third-order valence-electron chi connectivity index (χ3n) is 4.27. The molecule has 0 aromatic carbocycles. The van der Waals surface area contributed by atoms with Crippen LogP contribution >= 0.6 is 0 Å². The molecule has 1 aliphatic rings. The zero-order chi connectivity index (χ0) is 15.3. The summed E-state index contributed by atoms with van der Waals surface area (Å²) >= 11 is 0. The minimum atomic E-state index is -0.883. The van der Waals surface area contributed by atoms with Crippen molar-refractivity contribution in [1.82, 2.24) is 10.3 Å². The minimum absolute atomic E-state index is 0.0551. The highest BCUT2D eigenvalue weighted by atomic mass is 16.4. The molecule has 0 radical (unpaired) electrons. The Kier molecular flexibility index (Phi) is 4.94. The van der Waals surface area contributed by atoms with Crippen molar-refractivity contribution in [2.24, 2.45) is 5.41 Å². The van der Waals surface area contributed by atoms with Gasteiger partial charge in [0.25, 0.3) is 0 Å². The Labute approximate surface area is 124 Å². The number of rotatable bonds is 5. The molecule has 1 aromatic heterocycles. The van der Waals surface area contributed by atoms with Gasteiger partial charge in [0, 0.05) is 12.6 Å². The number of hydrogen-bond donors (Lipinski definition) is 2. The molecule has 0 aliphatic heterocycles. The number of aromatic nitrogens is 1. The summed E-state index contributed by atoms with van der Waals surface area (Å²) in [6.45, 7) is 1.86. The van der Waals surface area contributed by atoms with Gasteiger partial charge in [-0.25, -0.2) is 0 Å². The Morgan fingerprint density at radius 3 is 2.62 bits per heavy atom. The number of aliphatic carboxylic acids is 1. The molecular formula is C16H22N2O3. The van der Waals surface area contributed by atoms with Crippen molar-refractivity contribution in [2.45, 2.75) is 51.5 Å². The fourth-order valence-corrected chi connectivity index (χ4v) is 3.00. The van der Waals surface area contributed by atoms with Gasteiger partial charge in [0.15, 0.2) is 0 Å². The number of pyridine rings is 1. The molecule has 0 saturated heterocycles. The maximum Gasteiger partial charge on any atom is 0.310 e. The van der Waals surface area contributed by atoms with Gasteiger partial charge in [-0.15, -0.1) is 0 Å². The van der Waals surface area contributed by atoms with Crippen molar-refractivity contribution in [3.05, 3.63) is 30.1 Å². The van der Waals surface area contributed by atoms with Crippen molar-refractivity contribution < 1.29 is 14.7 Å². The molecule has 0 bridgehead atoms. The number of hydrogen-bond acceptors (Lipinski definition) is 3. The summed E-state index contributed by atoms with van der Waals surface area (Å²) in [6, 6.07) is 5.32. The van der Waals surface area contributed by atoms with Crippen molar-refractivity contribution >= 4 is 11.9 Å². The second kappa shape index (κ2) is 6.70. The van der Waals surface area contributed by atoms with E-state index in [0.29, 0.717) is 12.8 Å². The number of carboxylic acids is 1. The molecule has 1 amide bonds. The van der Waals surface area contributed by atoms with Gasteiger partial charge in [-0.05, 0) is 31.9 Å². The number of amides is 1. The van der Waals surface area contributed by atoms with E-state index in [0.717, 1.165) is 25.0 Å². The van der Waals surface area contributed by atoms with Crippen LogP contribution in [-0.4, -0.2) is 22.0 Å². The fraction of sp³-hybridized carbons (Fsp3) is 0.562. The second-order valence-corrected chi connectivity index (χ2v) is 5.87. The number of carboxylic acid groups (broad SMARTS) is 1. The van der Waals surface area contributed by atoms with Crippen molar-refractivity contribution in [2.75, 3.05) is 0 Å². The molecule has 1 aliphatic carbocycles. The highest BCUT2D eigenvalue weighted by molar-refractivity contribution is 5.85. The van der Waals surface area contributed by atoms with Gasteiger partial charge in [0.05, 0.1) is 17.2 Å². The van der Waals surface area contributed by atoms with Crippen LogP contribution in [0.5, 0.6) is 0 Å². The van der Waals surface area contributed by atoms with Gasteiger partial charge in [-0.2, -0.15) is 0 Å². The lowest BCUT2D eigenvalue weighted by Gasteiger charge is -2.32. The maximum atomic E-state index is 12.2. The average Bonchev–Trinajstić information content (AvgIpc) is 2.48. The Morgan fingerprint density at radius 1 is 1.33 bits per heavy atom. The molecule has 2 rings (SSSR count). The molecule has 1 heterocycles. The van der Waals surface area contributed by atoms with Gasteiger partial charge >= 0.3 is 5.97 Å². The van der Waals surface area contributed by atoms with E-state index in [1.165, 1.54) is 0 Å². The van der Waals surface area contributed by atoms with Crippen LogP contribution in [0.2, 0.25) is 0 Å². The highest BCUT2D eigenvalue weighted by Crippen LogP contribution is 2.39. The van der Waals surface area contributed by atoms with Crippen LogP contribution in [0.15, 0.2) is 24.4 Å². The van der Waals surface area contributed by atoms with Crippen molar-refractivity contribution in [3.63, 3.8) is 0 Å². The quantitative estimate of drug-likeness (QED) is 0.873. The second-order valence-electron chi connectivity index (χ2n) is 5.87. The van der Waals surface area contributed by atoms with E-state index in [4.69, 9.17) is 0 Å². The van der Waals surface area contributed by atoms with E-state index < -0.39 is 11.4 Å². The van der Waals surface area contributed by atoms with E-state index in [1.807, 2.05) is 25.1 Å². The van der Waals surface area contributed by atoms with E-state index in [2.05, 4.69) is 10.3 Å². The lowest BCUT2D eigenvalue weighted by Crippen LogP contribution is -2.39. The van der Waals surface area contributed by atoms with Gasteiger partial charge in [0.2, 0.25) is 5.91 Å². The van der Waals surface area contributed by atoms with Crippen molar-refractivity contribution in [1.29, 1.82) is 0 Å². The zero-order valence-corrected chi connectivity index (χ0v) is 12.3. The first-order chi connectivity index (χ1) is 10.0. The van der Waals surface area contributed by atoms with E-state index in [1.54, 1.807) is 6.20 Å². The standard InChI is InChI=1S/C16H22N2O3/c1-12(13-7-3-6-10-17-13)18-14(19)11-16(15(20)21)8-4-2-5-9-16/h3,6-7,10,12H,2,4-5,8-9,11H2,1H3,(H,18,19)(H,20,21)/t12-/m0/s1. The molecule has 0 spiro atoms. The van der Waals surface area contributed by atoms with Crippen LogP contribution in [-0.2, 0) is 9.59 Å². The van der Waals surface area contributed by atoms with Gasteiger partial charge in [0.1, 0.15) is 0 Å². The minimum Gasteiger partial charge on any atom is -0.481 e. The molecule has 1 saturated carbocycles. The molecule has 5 heteroatoms. The molecule has 2 N–H and O–H groups in total. The fourth-order valence-electron chi connectivity index (χ4n) is 3.00. The summed E-state index contributed by atoms with van der Waals surface area (Å²) in [6.07, 6.45) is 5.74. The number of nitrogens with one attached hydrogen (secondary N) is 1. The molecule has 1 aromatic rings. The van der Waals surface area contributed by atoms with Crippen LogP contribution in [0.4, 0.5) is 0 Å². The third-order valence-corrected chi connectivity index (χ3v) is 4.27. The summed E-state index contributed by atoms with van der Waals surface area (Å²) in [7, 11) is 0. The van der Waals surface area contributed by atoms with E-state index in [9.17, 15) is 14.7 Å². The lowest BCUT2D eigenvalue weighted by molar-refractivity contribution is -0.154. The van der Waals surface area contributed by atoms with Gasteiger partial charge in [-0.3, -0.25) is 14.6 Å². The summed E-state index contributed by atoms with van der Waals surface area (Å²) < 4.78 is 0. The number of carbonyl (C=O) groups excluding carboxylic acids is 1. The Bertz CT molecular complexity index is 496. The average molecular weight is 290 g/mol. The Hall–Kier alpha value is -1.91. The normalized spacial score (nSPS) is 18.7. The predicted octanol–water partition coefficient (Wildman–Crippen LogP) is 2.68. The molecule has 5 nitrogen and oxygen atoms in total. The SMILES string of the molecule is C[C@H](NC(=O)CC1(C(=O)O)CCCCC1)c1ccccn1. The summed E-state index contributed by atoms with van der Waals surface area (Å²) in [5.74, 6) is -1.06. The topological polar surface area (TPSA) is 79.3 Å². The molecule has 1 atom stereocenters. The summed E-state index contributed by atoms with van der Waals surface area (Å²) in [5.41, 5.74) is -0.106.